The van der Waals surface area contributed by atoms with E-state index >= 15 is 0 Å². The molecular weight excluding hydrogens is 264 g/mol. The second-order valence-electron chi connectivity index (χ2n) is 5.60. The first kappa shape index (κ1) is 12.9. The summed E-state index contributed by atoms with van der Waals surface area (Å²) in [6, 6.07) is 0. The van der Waals surface area contributed by atoms with E-state index in [-0.39, 0.29) is 29.3 Å². The van der Waals surface area contributed by atoms with Gasteiger partial charge in [0.15, 0.2) is 0 Å². The number of aliphatic hydroxyl groups is 1. The summed E-state index contributed by atoms with van der Waals surface area (Å²) in [5, 5.41) is 11.6. The van der Waals surface area contributed by atoms with Gasteiger partial charge in [0.25, 0.3) is 0 Å². The second kappa shape index (κ2) is 4.76. The van der Waals surface area contributed by atoms with Gasteiger partial charge in [0.1, 0.15) is 6.54 Å². The van der Waals surface area contributed by atoms with Gasteiger partial charge in [-0.2, -0.15) is 0 Å². The number of hydrogen-bond acceptors (Lipinski definition) is 4. The third-order valence-electron chi connectivity index (χ3n) is 4.44. The lowest BCUT2D eigenvalue weighted by atomic mass is 10.00. The first-order valence-corrected chi connectivity index (χ1v) is 7.55. The molecule has 2 heterocycles. The molecule has 2 fully saturated rings. The van der Waals surface area contributed by atoms with E-state index in [9.17, 15) is 14.7 Å². The molecule has 1 amide bonds. The maximum atomic E-state index is 12.2. The van der Waals surface area contributed by atoms with Crippen LogP contribution in [0.25, 0.3) is 0 Å². The monoisotopic (exact) mass is 282 g/mol. The zero-order valence-corrected chi connectivity index (χ0v) is 11.7. The van der Waals surface area contributed by atoms with Gasteiger partial charge in [-0.25, -0.2) is 0 Å². The topological polar surface area (TPSA) is 62.5 Å². The highest BCUT2D eigenvalue weighted by Gasteiger charge is 2.43. The van der Waals surface area contributed by atoms with Crippen LogP contribution in [0.4, 0.5) is 0 Å². The van der Waals surface area contributed by atoms with Gasteiger partial charge in [0.05, 0.1) is 6.10 Å². The molecule has 1 aromatic heterocycles. The van der Waals surface area contributed by atoms with Gasteiger partial charge in [-0.1, -0.05) is 11.3 Å². The molecule has 5 nitrogen and oxygen atoms in total. The summed E-state index contributed by atoms with van der Waals surface area (Å²) in [5.74, 6) is 0.675. The lowest BCUT2D eigenvalue weighted by Crippen LogP contribution is -2.35. The average molecular weight is 282 g/mol. The number of likely N-dealkylation sites (tertiary alicyclic amines) is 1. The second-order valence-corrected chi connectivity index (χ2v) is 6.42. The summed E-state index contributed by atoms with van der Waals surface area (Å²) in [6.45, 7) is 3.35. The minimum absolute atomic E-state index is 0.00907. The van der Waals surface area contributed by atoms with Gasteiger partial charge >= 0.3 is 4.87 Å². The van der Waals surface area contributed by atoms with Crippen molar-refractivity contribution in [3.05, 3.63) is 20.7 Å². The molecule has 3 rings (SSSR count). The van der Waals surface area contributed by atoms with E-state index in [1.54, 1.807) is 10.3 Å². The lowest BCUT2D eigenvalue weighted by Gasteiger charge is -2.18. The van der Waals surface area contributed by atoms with Crippen molar-refractivity contribution in [3.8, 4) is 0 Å². The average Bonchev–Trinajstić information content (AvgIpc) is 3.02. The minimum atomic E-state index is -0.256. The Hall–Kier alpha value is -1.14. The minimum Gasteiger partial charge on any atom is -0.393 e. The molecule has 6 heteroatoms. The van der Waals surface area contributed by atoms with Gasteiger partial charge in [-0.3, -0.25) is 14.2 Å². The molecular formula is C13H18N2O3S. The Kier molecular flexibility index (Phi) is 3.22. The van der Waals surface area contributed by atoms with Crippen LogP contribution < -0.4 is 4.87 Å². The number of thiazole rings is 1. The molecule has 1 aromatic rings. The van der Waals surface area contributed by atoms with Crippen LogP contribution in [0.2, 0.25) is 0 Å². The Morgan fingerprint density at radius 1 is 1.47 bits per heavy atom. The van der Waals surface area contributed by atoms with Crippen LogP contribution in [0.3, 0.4) is 0 Å². The highest BCUT2D eigenvalue weighted by atomic mass is 32.1. The molecule has 1 aliphatic heterocycles. The highest BCUT2D eigenvalue weighted by molar-refractivity contribution is 7.07. The summed E-state index contributed by atoms with van der Waals surface area (Å²) >= 11 is 1.13. The number of aliphatic hydroxyl groups excluding tert-OH is 1. The summed E-state index contributed by atoms with van der Waals surface area (Å²) in [6.07, 6.45) is 1.61. The zero-order chi connectivity index (χ0) is 13.6. The number of aromatic nitrogens is 1. The number of amides is 1. The maximum absolute atomic E-state index is 12.2. The number of carbonyl (C=O) groups is 1. The van der Waals surface area contributed by atoms with E-state index in [4.69, 9.17) is 0 Å². The van der Waals surface area contributed by atoms with Crippen molar-refractivity contribution in [2.45, 2.75) is 32.4 Å². The summed E-state index contributed by atoms with van der Waals surface area (Å²) in [7, 11) is 0. The normalized spacial score (nSPS) is 29.8. The van der Waals surface area contributed by atoms with Crippen LogP contribution in [0.15, 0.2) is 10.2 Å². The molecule has 1 saturated heterocycles. The van der Waals surface area contributed by atoms with E-state index < -0.39 is 0 Å². The number of hydrogen-bond donors (Lipinski definition) is 1. The van der Waals surface area contributed by atoms with Gasteiger partial charge in [-0.05, 0) is 25.7 Å². The molecule has 0 spiro atoms. The molecule has 1 saturated carbocycles. The highest BCUT2D eigenvalue weighted by Crippen LogP contribution is 2.38. The van der Waals surface area contributed by atoms with Gasteiger partial charge in [-0.15, -0.1) is 0 Å². The van der Waals surface area contributed by atoms with Crippen molar-refractivity contribution in [3.63, 3.8) is 0 Å². The molecule has 19 heavy (non-hydrogen) atoms. The quantitative estimate of drug-likeness (QED) is 0.856. The van der Waals surface area contributed by atoms with Crippen molar-refractivity contribution < 1.29 is 9.90 Å². The van der Waals surface area contributed by atoms with Gasteiger partial charge < -0.3 is 10.0 Å². The van der Waals surface area contributed by atoms with E-state index in [0.717, 1.165) is 36.4 Å². The van der Waals surface area contributed by atoms with Crippen molar-refractivity contribution in [2.24, 2.45) is 11.8 Å². The van der Waals surface area contributed by atoms with Gasteiger partial charge in [0.2, 0.25) is 5.91 Å². The van der Waals surface area contributed by atoms with Crippen molar-refractivity contribution in [1.29, 1.82) is 0 Å². The largest absolute Gasteiger partial charge is 0.393 e. The molecule has 104 valence electrons. The predicted molar refractivity (Wildman–Crippen MR) is 72.1 cm³/mol. The van der Waals surface area contributed by atoms with Crippen molar-refractivity contribution >= 4 is 17.2 Å². The molecule has 0 aromatic carbocycles. The van der Waals surface area contributed by atoms with Crippen LogP contribution in [0.5, 0.6) is 0 Å². The molecule has 2 aliphatic rings. The number of nitrogens with zero attached hydrogens (tertiary/aromatic N) is 2. The molecule has 1 aliphatic carbocycles. The molecule has 1 N–H and O–H groups in total. The third-order valence-corrected chi connectivity index (χ3v) is 5.32. The summed E-state index contributed by atoms with van der Waals surface area (Å²) in [5.41, 5.74) is 0.836. The number of carbonyl (C=O) groups excluding carboxylic acids is 1. The van der Waals surface area contributed by atoms with Crippen LogP contribution in [-0.4, -0.2) is 39.7 Å². The van der Waals surface area contributed by atoms with Crippen LogP contribution in [0, 0.1) is 18.8 Å². The molecule has 3 unspecified atom stereocenters. The SMILES string of the molecule is Cc1csc(=O)n1CC(=O)N1CC2CCC(O)C2C1. The van der Waals surface area contributed by atoms with E-state index in [1.807, 2.05) is 6.92 Å². The summed E-state index contributed by atoms with van der Waals surface area (Å²) < 4.78 is 1.53. The molecule has 3 atom stereocenters. The fourth-order valence-corrected chi connectivity index (χ4v) is 4.01. The Morgan fingerprint density at radius 3 is 2.89 bits per heavy atom. The fourth-order valence-electron chi connectivity index (χ4n) is 3.27. The summed E-state index contributed by atoms with van der Waals surface area (Å²) in [4.78, 5) is 25.6. The first-order valence-electron chi connectivity index (χ1n) is 6.67. The maximum Gasteiger partial charge on any atom is 0.307 e. The third kappa shape index (κ3) is 2.23. The van der Waals surface area contributed by atoms with Crippen LogP contribution in [0.1, 0.15) is 18.5 Å². The standard InChI is InChI=1S/C13H18N2O3S/c1-8-7-19-13(18)15(8)6-12(17)14-4-9-2-3-11(16)10(9)5-14/h7,9-11,16H,2-6H2,1H3. The number of fused-ring (bicyclic) bond motifs is 1. The number of rotatable bonds is 2. The zero-order valence-electron chi connectivity index (χ0n) is 10.9. The van der Waals surface area contributed by atoms with E-state index in [1.165, 1.54) is 4.57 Å². The first-order chi connectivity index (χ1) is 9.06. The smallest absolute Gasteiger partial charge is 0.307 e. The van der Waals surface area contributed by atoms with Crippen molar-refractivity contribution in [2.75, 3.05) is 13.1 Å². The predicted octanol–water partition coefficient (Wildman–Crippen LogP) is 0.448. The number of aryl methyl sites for hydroxylation is 1. The Labute approximate surface area is 115 Å². The molecule has 0 radical (unpaired) electrons. The van der Waals surface area contributed by atoms with E-state index in [2.05, 4.69) is 0 Å². The van der Waals surface area contributed by atoms with Crippen LogP contribution >= 0.6 is 11.3 Å². The van der Waals surface area contributed by atoms with Crippen LogP contribution in [-0.2, 0) is 11.3 Å². The lowest BCUT2D eigenvalue weighted by molar-refractivity contribution is -0.131. The Bertz CT molecular complexity index is 550. The Morgan fingerprint density at radius 2 is 2.26 bits per heavy atom. The fraction of sp³-hybridized carbons (Fsp3) is 0.692. The van der Waals surface area contributed by atoms with Gasteiger partial charge in [0, 0.05) is 30.1 Å². The van der Waals surface area contributed by atoms with Crippen molar-refractivity contribution in [1.82, 2.24) is 9.47 Å². The Balaban J connectivity index is 1.68. The van der Waals surface area contributed by atoms with E-state index in [0.29, 0.717) is 12.5 Å². The molecule has 0 bridgehead atoms.